The fourth-order valence-corrected chi connectivity index (χ4v) is 5.00. The van der Waals surface area contributed by atoms with Crippen molar-refractivity contribution in [2.75, 3.05) is 26.8 Å². The number of ether oxygens (including phenoxy) is 2. The predicted octanol–water partition coefficient (Wildman–Crippen LogP) is 5.04. The van der Waals surface area contributed by atoms with E-state index in [4.69, 9.17) is 47.2 Å². The molecule has 3 aromatic rings. The Morgan fingerprint density at radius 2 is 2.06 bits per heavy atom. The maximum atomic E-state index is 10.0. The summed E-state index contributed by atoms with van der Waals surface area (Å²) < 4.78 is 16.9. The molecule has 10 heteroatoms. The second-order valence-electron chi connectivity index (χ2n) is 9.30. The lowest BCUT2D eigenvalue weighted by Gasteiger charge is -2.27. The molecule has 36 heavy (non-hydrogen) atoms. The van der Waals surface area contributed by atoms with E-state index in [1.807, 2.05) is 13.8 Å². The molecule has 1 aliphatic rings. The van der Waals surface area contributed by atoms with Gasteiger partial charge in [-0.2, -0.15) is 0 Å². The van der Waals surface area contributed by atoms with Crippen LogP contribution in [0.15, 0.2) is 22.7 Å². The number of rotatable bonds is 9. The molecule has 0 radical (unpaired) electrons. The number of nitrogens with one attached hydrogen (secondary N) is 1. The Labute approximate surface area is 221 Å². The van der Waals surface area contributed by atoms with Crippen LogP contribution in [0.25, 0.3) is 22.6 Å². The summed E-state index contributed by atoms with van der Waals surface area (Å²) in [5.74, 6) is 2.02. The number of hydrogen-bond donors (Lipinski definition) is 2. The van der Waals surface area contributed by atoms with Crippen LogP contribution in [-0.2, 0) is 11.2 Å². The van der Waals surface area contributed by atoms with E-state index < -0.39 is 6.10 Å². The minimum absolute atomic E-state index is 0.140. The van der Waals surface area contributed by atoms with Gasteiger partial charge in [0.15, 0.2) is 5.82 Å². The minimum Gasteiger partial charge on any atom is -0.491 e. The summed E-state index contributed by atoms with van der Waals surface area (Å²) in [6.07, 6.45) is 2.14. The molecule has 0 spiro atoms. The van der Waals surface area contributed by atoms with E-state index in [9.17, 15) is 5.11 Å². The van der Waals surface area contributed by atoms with Crippen molar-refractivity contribution in [2.45, 2.75) is 52.2 Å². The molecule has 8 nitrogen and oxygen atoms in total. The highest BCUT2D eigenvalue weighted by Crippen LogP contribution is 2.38. The van der Waals surface area contributed by atoms with Gasteiger partial charge in [0, 0.05) is 18.7 Å². The molecule has 3 heterocycles. The molecule has 4 rings (SSSR count). The molecule has 1 fully saturated rings. The average molecular weight is 535 g/mol. The minimum atomic E-state index is -0.638. The van der Waals surface area contributed by atoms with Crippen LogP contribution in [0.4, 0.5) is 0 Å². The third-order valence-corrected chi connectivity index (χ3v) is 7.05. The Kier molecular flexibility index (Phi) is 8.85. The molecular weight excluding hydrogens is 503 g/mol. The van der Waals surface area contributed by atoms with Crippen LogP contribution < -0.4 is 10.1 Å². The number of likely N-dealkylation sites (N-methyl/N-ethyl adjacent to an activating group) is 1. The smallest absolute Gasteiger partial charge is 0.161 e. The lowest BCUT2D eigenvalue weighted by Crippen LogP contribution is -2.29. The summed E-state index contributed by atoms with van der Waals surface area (Å²) >= 11 is 13.5. The molecule has 194 valence electrons. The Hall–Kier alpha value is -2.23. The van der Waals surface area contributed by atoms with Gasteiger partial charge in [0.25, 0.3) is 0 Å². The summed E-state index contributed by atoms with van der Waals surface area (Å²) in [5.41, 5.74) is 3.39. The van der Waals surface area contributed by atoms with E-state index in [2.05, 4.69) is 17.4 Å². The van der Waals surface area contributed by atoms with Gasteiger partial charge in [0.2, 0.25) is 0 Å². The number of aromatic nitrogens is 3. The van der Waals surface area contributed by atoms with E-state index in [1.165, 1.54) is 0 Å². The van der Waals surface area contributed by atoms with E-state index in [-0.39, 0.29) is 12.7 Å². The number of aryl methyl sites for hydroxylation is 2. The third kappa shape index (κ3) is 6.18. The summed E-state index contributed by atoms with van der Waals surface area (Å²) in [5, 5.41) is 18.0. The number of benzene rings is 1. The van der Waals surface area contributed by atoms with Crippen molar-refractivity contribution in [1.82, 2.24) is 20.4 Å². The van der Waals surface area contributed by atoms with Crippen LogP contribution in [0.1, 0.15) is 36.9 Å². The van der Waals surface area contributed by atoms with Crippen molar-refractivity contribution in [3.63, 3.8) is 0 Å². The first kappa shape index (κ1) is 26.8. The van der Waals surface area contributed by atoms with Crippen molar-refractivity contribution in [1.29, 1.82) is 0 Å². The molecule has 0 unspecified atom stereocenters. The number of hydrogen-bond acceptors (Lipinski definition) is 8. The largest absolute Gasteiger partial charge is 0.491 e. The first-order valence-corrected chi connectivity index (χ1v) is 12.9. The topological polar surface area (TPSA) is 103 Å². The molecule has 1 aliphatic heterocycles. The molecule has 1 saturated heterocycles. The van der Waals surface area contributed by atoms with Crippen molar-refractivity contribution < 1.29 is 19.1 Å². The van der Waals surface area contributed by atoms with Crippen molar-refractivity contribution in [2.24, 2.45) is 5.92 Å². The molecule has 2 N–H and O–H groups in total. The van der Waals surface area contributed by atoms with Gasteiger partial charge in [-0.15, -0.1) is 0 Å². The zero-order valence-corrected chi connectivity index (χ0v) is 22.5. The predicted molar refractivity (Wildman–Crippen MR) is 140 cm³/mol. The molecular formula is C26H32Cl2N4O4. The molecule has 0 saturated carbocycles. The summed E-state index contributed by atoms with van der Waals surface area (Å²) in [7, 11) is 1.77. The number of aliphatic hydroxyl groups excluding tert-OH is 1. The SMILES string of the molecule is CNC[C@@H](O)COc1ccc(Cl)c(-c2nc(C[C@H]3CCO[C@H](C)C3)c(Cl)c(-c3c(C)noc3C)n2)c1. The Morgan fingerprint density at radius 3 is 2.75 bits per heavy atom. The van der Waals surface area contributed by atoms with Gasteiger partial charge in [0.1, 0.15) is 24.2 Å². The van der Waals surface area contributed by atoms with E-state index >= 15 is 0 Å². The molecule has 1 aromatic carbocycles. The van der Waals surface area contributed by atoms with Crippen molar-refractivity contribution in [3.05, 3.63) is 45.4 Å². The first-order chi connectivity index (χ1) is 17.3. The molecule has 2 aromatic heterocycles. The summed E-state index contributed by atoms with van der Waals surface area (Å²) in [6.45, 7) is 7.08. The van der Waals surface area contributed by atoms with Gasteiger partial charge >= 0.3 is 0 Å². The van der Waals surface area contributed by atoms with Crippen LogP contribution >= 0.6 is 23.2 Å². The zero-order valence-electron chi connectivity index (χ0n) is 21.0. The number of aliphatic hydroxyl groups is 1. The van der Waals surface area contributed by atoms with Gasteiger partial charge in [-0.25, -0.2) is 9.97 Å². The van der Waals surface area contributed by atoms with Crippen LogP contribution in [0.5, 0.6) is 5.75 Å². The van der Waals surface area contributed by atoms with E-state index in [1.54, 1.807) is 25.2 Å². The number of nitrogens with zero attached hydrogens (tertiary/aromatic N) is 3. The molecule has 0 bridgehead atoms. The highest BCUT2D eigenvalue weighted by Gasteiger charge is 2.26. The first-order valence-electron chi connectivity index (χ1n) is 12.1. The second-order valence-corrected chi connectivity index (χ2v) is 10.1. The number of halogens is 2. The van der Waals surface area contributed by atoms with Gasteiger partial charge < -0.3 is 24.4 Å². The van der Waals surface area contributed by atoms with Crippen LogP contribution in [0.2, 0.25) is 10.0 Å². The van der Waals surface area contributed by atoms with Gasteiger partial charge in [-0.05, 0) is 71.2 Å². The lowest BCUT2D eigenvalue weighted by molar-refractivity contribution is 0.00266. The second kappa shape index (κ2) is 11.9. The van der Waals surface area contributed by atoms with E-state index in [0.29, 0.717) is 63.2 Å². The zero-order chi connectivity index (χ0) is 25.8. The highest BCUT2D eigenvalue weighted by molar-refractivity contribution is 6.34. The maximum Gasteiger partial charge on any atom is 0.161 e. The van der Waals surface area contributed by atoms with Crippen molar-refractivity contribution >= 4 is 23.2 Å². The highest BCUT2D eigenvalue weighted by atomic mass is 35.5. The maximum absolute atomic E-state index is 10.0. The fraction of sp³-hybridized carbons (Fsp3) is 0.500. The lowest BCUT2D eigenvalue weighted by atomic mass is 9.91. The quantitative estimate of drug-likeness (QED) is 0.393. The molecule has 3 atom stereocenters. The van der Waals surface area contributed by atoms with Crippen LogP contribution in [0, 0.1) is 19.8 Å². The standard InChI is InChI=1S/C26H32Cl2N4O4/c1-14-9-17(7-8-34-14)10-22-24(28)25(23-15(2)32-36-16(23)3)31-26(30-22)20-11-19(5-6-21(20)27)35-13-18(33)12-29-4/h5-6,11,14,17-18,29,33H,7-10,12-13H2,1-4H3/t14-,17+,18-/m1/s1. The van der Waals surface area contributed by atoms with Crippen LogP contribution in [0.3, 0.4) is 0 Å². The third-order valence-electron chi connectivity index (χ3n) is 6.33. The summed E-state index contributed by atoms with van der Waals surface area (Å²) in [6, 6.07) is 5.28. The molecule has 0 aliphatic carbocycles. The monoisotopic (exact) mass is 534 g/mol. The Morgan fingerprint density at radius 1 is 1.25 bits per heavy atom. The van der Waals surface area contributed by atoms with Crippen LogP contribution in [-0.4, -0.2) is 59.2 Å². The van der Waals surface area contributed by atoms with Crippen molar-refractivity contribution in [3.8, 4) is 28.4 Å². The normalized spacial score (nSPS) is 18.9. The summed E-state index contributed by atoms with van der Waals surface area (Å²) in [4.78, 5) is 9.72. The Bertz CT molecular complexity index is 1180. The van der Waals surface area contributed by atoms with E-state index in [0.717, 1.165) is 30.7 Å². The fourth-order valence-electron chi connectivity index (χ4n) is 4.54. The van der Waals surface area contributed by atoms with Gasteiger partial charge in [0.05, 0.1) is 38.8 Å². The Balaban J connectivity index is 1.76. The molecule has 0 amide bonds. The van der Waals surface area contributed by atoms with Gasteiger partial charge in [-0.3, -0.25) is 0 Å². The average Bonchev–Trinajstić information content (AvgIpc) is 3.18. The van der Waals surface area contributed by atoms with Gasteiger partial charge in [-0.1, -0.05) is 28.4 Å².